The van der Waals surface area contributed by atoms with Crippen LogP contribution in [0, 0.1) is 0 Å². The second-order valence-electron chi connectivity index (χ2n) is 4.48. The summed E-state index contributed by atoms with van der Waals surface area (Å²) < 4.78 is 10.5. The molecule has 1 rings (SSSR count). The molecule has 0 saturated heterocycles. The second kappa shape index (κ2) is 10.2. The zero-order valence-corrected chi connectivity index (χ0v) is 11.9. The number of methoxy groups -OCH3 is 1. The predicted octanol–water partition coefficient (Wildman–Crippen LogP) is 2.17. The van der Waals surface area contributed by atoms with E-state index in [0.717, 1.165) is 39.0 Å². The van der Waals surface area contributed by atoms with Crippen molar-refractivity contribution in [1.29, 1.82) is 0 Å². The van der Waals surface area contributed by atoms with Crippen LogP contribution in [0.25, 0.3) is 0 Å². The van der Waals surface area contributed by atoms with Crippen molar-refractivity contribution in [2.45, 2.75) is 19.3 Å². The maximum Gasteiger partial charge on any atom is 0.335 e. The highest BCUT2D eigenvalue weighted by molar-refractivity contribution is 5.87. The third-order valence-electron chi connectivity index (χ3n) is 2.83. The third kappa shape index (κ3) is 7.11. The summed E-state index contributed by atoms with van der Waals surface area (Å²) in [4.78, 5) is 10.8. The first-order valence-electron chi connectivity index (χ1n) is 6.90. The third-order valence-corrected chi connectivity index (χ3v) is 2.83. The van der Waals surface area contributed by atoms with Gasteiger partial charge in [-0.05, 0) is 44.0 Å². The number of ether oxygens (including phenoxy) is 2. The minimum atomic E-state index is -0.940. The summed E-state index contributed by atoms with van der Waals surface area (Å²) in [5, 5.41) is 12.2. The number of rotatable bonds is 11. The predicted molar refractivity (Wildman–Crippen MR) is 77.5 cm³/mol. The number of carbonyl (C=O) groups is 1. The first-order chi connectivity index (χ1) is 9.74. The van der Waals surface area contributed by atoms with Crippen LogP contribution in [-0.2, 0) is 4.74 Å². The molecule has 0 fully saturated rings. The van der Waals surface area contributed by atoms with Crippen molar-refractivity contribution in [2.24, 2.45) is 0 Å². The van der Waals surface area contributed by atoms with E-state index in [2.05, 4.69) is 5.32 Å². The topological polar surface area (TPSA) is 67.8 Å². The number of carboxylic acids is 1. The maximum absolute atomic E-state index is 10.8. The van der Waals surface area contributed by atoms with Gasteiger partial charge in [-0.2, -0.15) is 0 Å². The van der Waals surface area contributed by atoms with Gasteiger partial charge in [0.15, 0.2) is 0 Å². The average Bonchev–Trinajstić information content (AvgIpc) is 2.46. The SMILES string of the molecule is COCCCCCNCCOc1cccc(C(=O)O)c1. The minimum Gasteiger partial charge on any atom is -0.492 e. The monoisotopic (exact) mass is 281 g/mol. The van der Waals surface area contributed by atoms with Crippen molar-refractivity contribution in [2.75, 3.05) is 33.4 Å². The van der Waals surface area contributed by atoms with Crippen LogP contribution >= 0.6 is 0 Å². The number of benzene rings is 1. The lowest BCUT2D eigenvalue weighted by molar-refractivity contribution is 0.0696. The molecular weight excluding hydrogens is 258 g/mol. The summed E-state index contributed by atoms with van der Waals surface area (Å²) in [5.74, 6) is -0.351. The van der Waals surface area contributed by atoms with Gasteiger partial charge in [-0.25, -0.2) is 4.79 Å². The molecule has 0 amide bonds. The van der Waals surface area contributed by atoms with Crippen LogP contribution in [0.15, 0.2) is 24.3 Å². The lowest BCUT2D eigenvalue weighted by Crippen LogP contribution is -2.22. The van der Waals surface area contributed by atoms with Crippen LogP contribution in [0.5, 0.6) is 5.75 Å². The van der Waals surface area contributed by atoms with E-state index >= 15 is 0 Å². The molecule has 0 bridgehead atoms. The normalized spacial score (nSPS) is 10.4. The van der Waals surface area contributed by atoms with Gasteiger partial charge in [-0.1, -0.05) is 6.07 Å². The Hall–Kier alpha value is -1.59. The average molecular weight is 281 g/mol. The highest BCUT2D eigenvalue weighted by atomic mass is 16.5. The number of hydrogen-bond donors (Lipinski definition) is 2. The van der Waals surface area contributed by atoms with E-state index in [-0.39, 0.29) is 5.56 Å². The van der Waals surface area contributed by atoms with Gasteiger partial charge in [0.2, 0.25) is 0 Å². The Morgan fingerprint density at radius 3 is 2.80 bits per heavy atom. The van der Waals surface area contributed by atoms with E-state index in [1.807, 2.05) is 0 Å². The molecule has 112 valence electrons. The fraction of sp³-hybridized carbons (Fsp3) is 0.533. The second-order valence-corrected chi connectivity index (χ2v) is 4.48. The molecule has 5 heteroatoms. The smallest absolute Gasteiger partial charge is 0.335 e. The molecule has 0 aliphatic rings. The Kier molecular flexibility index (Phi) is 8.42. The van der Waals surface area contributed by atoms with Gasteiger partial charge < -0.3 is 19.9 Å². The number of aromatic carboxylic acids is 1. The molecule has 0 aliphatic heterocycles. The fourth-order valence-corrected chi connectivity index (χ4v) is 1.76. The Morgan fingerprint density at radius 1 is 1.20 bits per heavy atom. The van der Waals surface area contributed by atoms with Crippen molar-refractivity contribution in [3.8, 4) is 5.75 Å². The number of hydrogen-bond acceptors (Lipinski definition) is 4. The van der Waals surface area contributed by atoms with Gasteiger partial charge in [-0.15, -0.1) is 0 Å². The molecule has 5 nitrogen and oxygen atoms in total. The molecule has 0 unspecified atom stereocenters. The van der Waals surface area contributed by atoms with Gasteiger partial charge in [0.25, 0.3) is 0 Å². The summed E-state index contributed by atoms with van der Waals surface area (Å²) in [6.07, 6.45) is 3.37. The van der Waals surface area contributed by atoms with E-state index in [4.69, 9.17) is 14.6 Å². The van der Waals surface area contributed by atoms with Gasteiger partial charge in [0.1, 0.15) is 12.4 Å². The van der Waals surface area contributed by atoms with Crippen molar-refractivity contribution in [3.05, 3.63) is 29.8 Å². The molecule has 0 saturated carbocycles. The summed E-state index contributed by atoms with van der Waals surface area (Å²) in [6.45, 7) is 3.06. The zero-order valence-electron chi connectivity index (χ0n) is 11.9. The van der Waals surface area contributed by atoms with Crippen LogP contribution in [0.2, 0.25) is 0 Å². The van der Waals surface area contributed by atoms with Crippen molar-refractivity contribution in [1.82, 2.24) is 5.32 Å². The molecule has 20 heavy (non-hydrogen) atoms. The van der Waals surface area contributed by atoms with Gasteiger partial charge in [0.05, 0.1) is 5.56 Å². The maximum atomic E-state index is 10.8. The Bertz CT molecular complexity index is 395. The molecular formula is C15H23NO4. The molecule has 0 aromatic heterocycles. The van der Waals surface area contributed by atoms with Crippen LogP contribution in [0.3, 0.4) is 0 Å². The summed E-state index contributed by atoms with van der Waals surface area (Å²) in [6, 6.07) is 6.53. The van der Waals surface area contributed by atoms with Crippen LogP contribution < -0.4 is 10.1 Å². The highest BCUT2D eigenvalue weighted by Crippen LogP contribution is 2.12. The molecule has 0 radical (unpaired) electrons. The largest absolute Gasteiger partial charge is 0.492 e. The molecule has 1 aromatic carbocycles. The molecule has 2 N–H and O–H groups in total. The summed E-state index contributed by atoms with van der Waals surface area (Å²) in [7, 11) is 1.72. The van der Waals surface area contributed by atoms with Crippen molar-refractivity contribution in [3.63, 3.8) is 0 Å². The summed E-state index contributed by atoms with van der Waals surface area (Å²) in [5.41, 5.74) is 0.244. The number of nitrogens with one attached hydrogen (secondary N) is 1. The van der Waals surface area contributed by atoms with Crippen LogP contribution in [0.4, 0.5) is 0 Å². The Morgan fingerprint density at radius 2 is 2.05 bits per heavy atom. The molecule has 0 atom stereocenters. The molecule has 0 aliphatic carbocycles. The molecule has 0 spiro atoms. The number of carboxylic acid groups (broad SMARTS) is 1. The van der Waals surface area contributed by atoms with Crippen LogP contribution in [-0.4, -0.2) is 44.5 Å². The zero-order chi connectivity index (χ0) is 14.6. The Balaban J connectivity index is 2.06. The van der Waals surface area contributed by atoms with Gasteiger partial charge >= 0.3 is 5.97 Å². The van der Waals surface area contributed by atoms with E-state index in [1.165, 1.54) is 6.07 Å². The highest BCUT2D eigenvalue weighted by Gasteiger charge is 2.03. The minimum absolute atomic E-state index is 0.244. The standard InChI is InChI=1S/C15H23NO4/c1-19-10-4-2-3-8-16-9-11-20-14-7-5-6-13(12-14)15(17)18/h5-7,12,16H,2-4,8-11H2,1H3,(H,17,18). The lowest BCUT2D eigenvalue weighted by atomic mass is 10.2. The van der Waals surface area contributed by atoms with E-state index < -0.39 is 5.97 Å². The molecule has 0 heterocycles. The molecule has 1 aromatic rings. The first kappa shape index (κ1) is 16.5. The lowest BCUT2D eigenvalue weighted by Gasteiger charge is -2.08. The van der Waals surface area contributed by atoms with Crippen molar-refractivity contribution >= 4 is 5.97 Å². The van der Waals surface area contributed by atoms with Crippen molar-refractivity contribution < 1.29 is 19.4 Å². The first-order valence-corrected chi connectivity index (χ1v) is 6.90. The number of unbranched alkanes of at least 4 members (excludes halogenated alkanes) is 2. The van der Waals surface area contributed by atoms with Gasteiger partial charge in [0, 0.05) is 20.3 Å². The van der Waals surface area contributed by atoms with E-state index in [1.54, 1.807) is 25.3 Å². The van der Waals surface area contributed by atoms with Gasteiger partial charge in [-0.3, -0.25) is 0 Å². The van der Waals surface area contributed by atoms with E-state index in [0.29, 0.717) is 12.4 Å². The summed E-state index contributed by atoms with van der Waals surface area (Å²) >= 11 is 0. The fourth-order valence-electron chi connectivity index (χ4n) is 1.76. The van der Waals surface area contributed by atoms with Crippen LogP contribution in [0.1, 0.15) is 29.6 Å². The Labute approximate surface area is 119 Å². The quantitative estimate of drug-likeness (QED) is 0.608. The van der Waals surface area contributed by atoms with E-state index in [9.17, 15) is 4.79 Å².